The molecule has 1 atom stereocenters. The van der Waals surface area contributed by atoms with Gasteiger partial charge in [0.1, 0.15) is 5.82 Å². The lowest BCUT2D eigenvalue weighted by Crippen LogP contribution is -2.39. The Balaban J connectivity index is 2.49. The first kappa shape index (κ1) is 13.6. The van der Waals surface area contributed by atoms with E-state index >= 15 is 0 Å². The van der Waals surface area contributed by atoms with E-state index in [9.17, 15) is 0 Å². The predicted octanol–water partition coefficient (Wildman–Crippen LogP) is 4.82. The average Bonchev–Trinajstić information content (AvgIpc) is 2.30. The van der Waals surface area contributed by atoms with E-state index in [0.29, 0.717) is 0 Å². The van der Waals surface area contributed by atoms with Crippen LogP contribution in [0.15, 0.2) is 34.9 Å². The summed E-state index contributed by atoms with van der Waals surface area (Å²) in [5.74, 6) is 0.867. The van der Waals surface area contributed by atoms with Crippen LogP contribution in [0.1, 0.15) is 20.8 Å². The van der Waals surface area contributed by atoms with Crippen LogP contribution < -0.4 is 5.32 Å². The smallest absolute Gasteiger partial charge is 0.134 e. The summed E-state index contributed by atoms with van der Waals surface area (Å²) in [5.41, 5.74) is -0.217. The van der Waals surface area contributed by atoms with Crippen molar-refractivity contribution < 1.29 is 0 Å². The van der Waals surface area contributed by atoms with Gasteiger partial charge in [-0.1, -0.05) is 28.1 Å². The third-order valence-corrected chi connectivity index (χ3v) is 4.42. The van der Waals surface area contributed by atoms with Crippen molar-refractivity contribution in [2.24, 2.45) is 0 Å². The summed E-state index contributed by atoms with van der Waals surface area (Å²) >= 11 is 9.76. The van der Waals surface area contributed by atoms with Gasteiger partial charge in [-0.05, 0) is 32.9 Å². The zero-order valence-electron chi connectivity index (χ0n) is 10.7. The van der Waals surface area contributed by atoms with Crippen molar-refractivity contribution in [1.29, 1.82) is 0 Å². The summed E-state index contributed by atoms with van der Waals surface area (Å²) < 4.78 is 1.07. The molecule has 1 unspecified atom stereocenters. The number of aromatic nitrogens is 1. The molecule has 1 heterocycles. The summed E-state index contributed by atoms with van der Waals surface area (Å²) in [7, 11) is 0. The number of nitrogens with zero attached hydrogens (tertiary/aromatic N) is 1. The van der Waals surface area contributed by atoms with E-state index in [2.05, 4.69) is 46.1 Å². The monoisotopic (exact) mass is 326 g/mol. The molecule has 2 nitrogen and oxygen atoms in total. The van der Waals surface area contributed by atoms with E-state index in [1.807, 2.05) is 31.3 Å². The molecule has 2 aromatic rings. The number of halogens is 2. The number of fused-ring (bicyclic) bond motifs is 1. The van der Waals surface area contributed by atoms with Gasteiger partial charge in [-0.2, -0.15) is 0 Å². The van der Waals surface area contributed by atoms with E-state index in [4.69, 9.17) is 11.6 Å². The Bertz CT molecular complexity index is 567. The molecule has 0 aliphatic carbocycles. The highest BCUT2D eigenvalue weighted by atomic mass is 79.9. The third-order valence-electron chi connectivity index (χ3n) is 3.19. The molecule has 4 heteroatoms. The standard InChI is InChI=1S/C14H16BrClN2/c1-9(16)14(2,3)18-13-11-5-4-6-12(15)10(11)7-8-17-13/h4-9H,1-3H3,(H,17,18). The van der Waals surface area contributed by atoms with Crippen LogP contribution in [0.25, 0.3) is 10.8 Å². The molecule has 0 radical (unpaired) electrons. The SMILES string of the molecule is CC(Cl)C(C)(C)Nc1nccc2c(Br)cccc12. The van der Waals surface area contributed by atoms with Crippen molar-refractivity contribution >= 4 is 44.1 Å². The maximum Gasteiger partial charge on any atom is 0.134 e. The minimum Gasteiger partial charge on any atom is -0.363 e. The van der Waals surface area contributed by atoms with Crippen molar-refractivity contribution in [2.75, 3.05) is 5.32 Å². The topological polar surface area (TPSA) is 24.9 Å². The molecule has 0 amide bonds. The Kier molecular flexibility index (Phi) is 3.83. The van der Waals surface area contributed by atoms with Crippen LogP contribution in [0, 0.1) is 0 Å². The Labute approximate surface area is 121 Å². The molecule has 1 aromatic heterocycles. The van der Waals surface area contributed by atoms with Gasteiger partial charge in [-0.3, -0.25) is 0 Å². The minimum absolute atomic E-state index is 0.00158. The molecule has 1 aromatic carbocycles. The van der Waals surface area contributed by atoms with E-state index in [0.717, 1.165) is 21.1 Å². The second kappa shape index (κ2) is 5.06. The first-order valence-corrected chi connectivity index (χ1v) is 7.10. The van der Waals surface area contributed by atoms with E-state index in [-0.39, 0.29) is 10.9 Å². The Hall–Kier alpha value is -0.800. The average molecular weight is 328 g/mol. The Morgan fingerprint density at radius 2 is 2.00 bits per heavy atom. The van der Waals surface area contributed by atoms with Gasteiger partial charge in [0.15, 0.2) is 0 Å². The van der Waals surface area contributed by atoms with E-state index < -0.39 is 0 Å². The maximum atomic E-state index is 6.20. The summed E-state index contributed by atoms with van der Waals surface area (Å²) in [4.78, 5) is 4.42. The molecule has 0 saturated carbocycles. The lowest BCUT2D eigenvalue weighted by atomic mass is 10.0. The van der Waals surface area contributed by atoms with Gasteiger partial charge in [-0.15, -0.1) is 11.6 Å². The molecule has 18 heavy (non-hydrogen) atoms. The van der Waals surface area contributed by atoms with Crippen molar-refractivity contribution in [3.63, 3.8) is 0 Å². The van der Waals surface area contributed by atoms with Crippen LogP contribution in [0.4, 0.5) is 5.82 Å². The minimum atomic E-state index is -0.217. The van der Waals surface area contributed by atoms with Crippen molar-refractivity contribution in [1.82, 2.24) is 4.98 Å². The fraction of sp³-hybridized carbons (Fsp3) is 0.357. The molecule has 0 bridgehead atoms. The number of nitrogens with one attached hydrogen (secondary N) is 1. The van der Waals surface area contributed by atoms with Gasteiger partial charge in [-0.25, -0.2) is 4.98 Å². The highest BCUT2D eigenvalue weighted by Crippen LogP contribution is 2.30. The summed E-state index contributed by atoms with van der Waals surface area (Å²) in [5, 5.41) is 5.67. The number of rotatable bonds is 3. The van der Waals surface area contributed by atoms with E-state index in [1.54, 1.807) is 0 Å². The summed E-state index contributed by atoms with van der Waals surface area (Å²) in [6.45, 7) is 6.13. The van der Waals surface area contributed by atoms with Crippen LogP contribution >= 0.6 is 27.5 Å². The summed E-state index contributed by atoms with van der Waals surface area (Å²) in [6, 6.07) is 8.10. The Morgan fingerprint density at radius 3 is 2.67 bits per heavy atom. The quantitative estimate of drug-likeness (QED) is 0.818. The molecule has 0 fully saturated rings. The third kappa shape index (κ3) is 2.62. The highest BCUT2D eigenvalue weighted by Gasteiger charge is 2.24. The summed E-state index contributed by atoms with van der Waals surface area (Å²) in [6.07, 6.45) is 1.81. The number of hydrogen-bond donors (Lipinski definition) is 1. The van der Waals surface area contributed by atoms with Gasteiger partial charge in [0, 0.05) is 27.0 Å². The highest BCUT2D eigenvalue weighted by molar-refractivity contribution is 9.10. The number of pyridine rings is 1. The van der Waals surface area contributed by atoms with Gasteiger partial charge in [0.25, 0.3) is 0 Å². The molecule has 2 rings (SSSR count). The van der Waals surface area contributed by atoms with Gasteiger partial charge >= 0.3 is 0 Å². The van der Waals surface area contributed by atoms with Crippen molar-refractivity contribution in [3.8, 4) is 0 Å². The molecule has 0 spiro atoms. The Morgan fingerprint density at radius 1 is 1.28 bits per heavy atom. The number of benzene rings is 1. The van der Waals surface area contributed by atoms with Gasteiger partial charge in [0.05, 0.1) is 5.38 Å². The van der Waals surface area contributed by atoms with Crippen LogP contribution in [0.2, 0.25) is 0 Å². The second-order valence-corrected chi connectivity index (χ2v) is 6.47. The van der Waals surface area contributed by atoms with Crippen molar-refractivity contribution in [2.45, 2.75) is 31.7 Å². The zero-order chi connectivity index (χ0) is 13.3. The zero-order valence-corrected chi connectivity index (χ0v) is 13.0. The lowest BCUT2D eigenvalue weighted by molar-refractivity contribution is 0.553. The van der Waals surface area contributed by atoms with Crippen LogP contribution in [0.5, 0.6) is 0 Å². The number of anilines is 1. The van der Waals surface area contributed by atoms with Crippen molar-refractivity contribution in [3.05, 3.63) is 34.9 Å². The van der Waals surface area contributed by atoms with Crippen LogP contribution in [-0.2, 0) is 0 Å². The largest absolute Gasteiger partial charge is 0.363 e. The molecular formula is C14H16BrClN2. The molecule has 96 valence electrons. The second-order valence-electron chi connectivity index (χ2n) is 4.96. The molecule has 0 aliphatic heterocycles. The predicted molar refractivity (Wildman–Crippen MR) is 82.5 cm³/mol. The first-order valence-electron chi connectivity index (χ1n) is 5.87. The first-order chi connectivity index (χ1) is 8.42. The molecule has 0 aliphatic rings. The molecular weight excluding hydrogens is 312 g/mol. The van der Waals surface area contributed by atoms with Crippen LogP contribution in [-0.4, -0.2) is 15.9 Å². The maximum absolute atomic E-state index is 6.20. The fourth-order valence-electron chi connectivity index (χ4n) is 1.67. The molecule has 1 N–H and O–H groups in total. The van der Waals surface area contributed by atoms with Gasteiger partial charge in [0.2, 0.25) is 0 Å². The lowest BCUT2D eigenvalue weighted by Gasteiger charge is -2.30. The normalized spacial score (nSPS) is 13.6. The van der Waals surface area contributed by atoms with Crippen LogP contribution in [0.3, 0.4) is 0 Å². The molecule has 0 saturated heterocycles. The number of alkyl halides is 1. The number of hydrogen-bond acceptors (Lipinski definition) is 2. The van der Waals surface area contributed by atoms with Gasteiger partial charge < -0.3 is 5.32 Å². The van der Waals surface area contributed by atoms with E-state index in [1.165, 1.54) is 0 Å². The fourth-order valence-corrected chi connectivity index (χ4v) is 2.23.